The van der Waals surface area contributed by atoms with Crippen LogP contribution in [0.2, 0.25) is 0 Å². The van der Waals surface area contributed by atoms with Crippen LogP contribution in [0.4, 0.5) is 0 Å². The number of alkyl halides is 2. The van der Waals surface area contributed by atoms with Crippen LogP contribution in [0.5, 0.6) is 0 Å². The third-order valence-electron chi connectivity index (χ3n) is 5.34. The fourth-order valence-electron chi connectivity index (χ4n) is 4.61. The molecule has 80 valence electrons. The third kappa shape index (κ3) is 1.00. The summed E-state index contributed by atoms with van der Waals surface area (Å²) >= 11 is 8.12. The molecule has 0 aromatic rings. The Balaban J connectivity index is 2.10. The van der Waals surface area contributed by atoms with E-state index in [0.717, 1.165) is 11.8 Å². The molecule has 3 unspecified atom stereocenters. The fraction of sp³-hybridized carbons (Fsp3) is 1.00. The first-order chi connectivity index (χ1) is 6.36. The van der Waals surface area contributed by atoms with Gasteiger partial charge in [-0.3, -0.25) is 0 Å². The standard InChI is InChI=1S/C12H18Br2/c1-10-4-8-3-9(5-10)7-12(14,6-8)11(10,2)13/h8-9H,3-7H2,1-2H3. The van der Waals surface area contributed by atoms with E-state index >= 15 is 0 Å². The van der Waals surface area contributed by atoms with Crippen LogP contribution in [0.15, 0.2) is 0 Å². The van der Waals surface area contributed by atoms with Crippen LogP contribution in [0.25, 0.3) is 0 Å². The van der Waals surface area contributed by atoms with E-state index in [4.69, 9.17) is 0 Å². The van der Waals surface area contributed by atoms with E-state index in [-0.39, 0.29) is 0 Å². The molecule has 0 aromatic heterocycles. The second-order valence-electron chi connectivity index (χ2n) is 6.31. The molecule has 4 bridgehead atoms. The van der Waals surface area contributed by atoms with Crippen molar-refractivity contribution in [1.82, 2.24) is 0 Å². The minimum Gasteiger partial charge on any atom is -0.0838 e. The maximum Gasteiger partial charge on any atom is 0.0436 e. The van der Waals surface area contributed by atoms with Crippen LogP contribution in [0.3, 0.4) is 0 Å². The Morgan fingerprint density at radius 3 is 1.86 bits per heavy atom. The van der Waals surface area contributed by atoms with Gasteiger partial charge in [-0.1, -0.05) is 38.8 Å². The summed E-state index contributed by atoms with van der Waals surface area (Å²) in [6, 6.07) is 0. The molecule has 0 saturated heterocycles. The first-order valence-electron chi connectivity index (χ1n) is 5.74. The summed E-state index contributed by atoms with van der Waals surface area (Å²) in [4.78, 5) is 0. The molecule has 4 aliphatic carbocycles. The summed E-state index contributed by atoms with van der Waals surface area (Å²) in [5.74, 6) is 2.00. The second kappa shape index (κ2) is 2.61. The summed E-state index contributed by atoms with van der Waals surface area (Å²) in [6.45, 7) is 4.91. The highest BCUT2D eigenvalue weighted by molar-refractivity contribution is 9.13. The van der Waals surface area contributed by atoms with Crippen LogP contribution in [-0.4, -0.2) is 8.65 Å². The number of hydrogen-bond acceptors (Lipinski definition) is 0. The molecule has 0 radical (unpaired) electrons. The lowest BCUT2D eigenvalue weighted by atomic mass is 9.46. The van der Waals surface area contributed by atoms with E-state index in [9.17, 15) is 0 Å². The molecule has 0 aliphatic heterocycles. The van der Waals surface area contributed by atoms with Gasteiger partial charge in [0.2, 0.25) is 0 Å². The van der Waals surface area contributed by atoms with E-state index in [2.05, 4.69) is 45.7 Å². The van der Waals surface area contributed by atoms with E-state index in [1.165, 1.54) is 32.1 Å². The number of hydrogen-bond donors (Lipinski definition) is 0. The van der Waals surface area contributed by atoms with E-state index < -0.39 is 0 Å². The zero-order valence-corrected chi connectivity index (χ0v) is 12.1. The van der Waals surface area contributed by atoms with E-state index in [1.807, 2.05) is 0 Å². The van der Waals surface area contributed by atoms with Gasteiger partial charge in [0, 0.05) is 8.65 Å². The molecule has 4 fully saturated rings. The summed E-state index contributed by atoms with van der Waals surface area (Å²) in [5, 5.41) is 0. The van der Waals surface area contributed by atoms with Crippen molar-refractivity contribution in [1.29, 1.82) is 0 Å². The monoisotopic (exact) mass is 320 g/mol. The van der Waals surface area contributed by atoms with Crippen molar-refractivity contribution in [3.05, 3.63) is 0 Å². The van der Waals surface area contributed by atoms with Crippen molar-refractivity contribution in [2.45, 2.75) is 54.6 Å². The Hall–Kier alpha value is 0.960. The van der Waals surface area contributed by atoms with Crippen LogP contribution in [-0.2, 0) is 0 Å². The van der Waals surface area contributed by atoms with Gasteiger partial charge in [-0.25, -0.2) is 0 Å². The lowest BCUT2D eigenvalue weighted by Gasteiger charge is -2.67. The number of halogens is 2. The zero-order valence-electron chi connectivity index (χ0n) is 8.95. The largest absolute Gasteiger partial charge is 0.0838 e. The summed E-state index contributed by atoms with van der Waals surface area (Å²) in [6.07, 6.45) is 7.17. The van der Waals surface area contributed by atoms with Crippen molar-refractivity contribution in [3.63, 3.8) is 0 Å². The highest BCUT2D eigenvalue weighted by Gasteiger charge is 2.66. The molecule has 14 heavy (non-hydrogen) atoms. The van der Waals surface area contributed by atoms with Crippen LogP contribution in [0.1, 0.15) is 46.0 Å². The van der Waals surface area contributed by atoms with Gasteiger partial charge in [-0.2, -0.15) is 0 Å². The molecular formula is C12H18Br2. The van der Waals surface area contributed by atoms with Crippen LogP contribution >= 0.6 is 31.9 Å². The molecule has 4 aliphatic rings. The van der Waals surface area contributed by atoms with Crippen molar-refractivity contribution in [3.8, 4) is 0 Å². The zero-order chi connectivity index (χ0) is 10.2. The second-order valence-corrected chi connectivity index (χ2v) is 9.42. The van der Waals surface area contributed by atoms with Gasteiger partial charge in [-0.15, -0.1) is 0 Å². The highest BCUT2D eigenvalue weighted by atomic mass is 79.9. The highest BCUT2D eigenvalue weighted by Crippen LogP contribution is 2.71. The molecule has 0 nitrogen and oxygen atoms in total. The van der Waals surface area contributed by atoms with Crippen LogP contribution < -0.4 is 0 Å². The van der Waals surface area contributed by atoms with Crippen molar-refractivity contribution < 1.29 is 0 Å². The lowest BCUT2D eigenvalue weighted by molar-refractivity contribution is -0.0492. The van der Waals surface area contributed by atoms with Crippen molar-refractivity contribution in [2.24, 2.45) is 17.3 Å². The average molecular weight is 322 g/mol. The summed E-state index contributed by atoms with van der Waals surface area (Å²) in [5.41, 5.74) is 0.528. The van der Waals surface area contributed by atoms with Gasteiger partial charge in [0.1, 0.15) is 0 Å². The van der Waals surface area contributed by atoms with Gasteiger partial charge >= 0.3 is 0 Å². The lowest BCUT2D eigenvalue weighted by Crippen LogP contribution is -2.66. The van der Waals surface area contributed by atoms with Gasteiger partial charge in [0.25, 0.3) is 0 Å². The smallest absolute Gasteiger partial charge is 0.0436 e. The van der Waals surface area contributed by atoms with Gasteiger partial charge in [0.05, 0.1) is 0 Å². The maximum atomic E-state index is 4.07. The molecule has 0 heterocycles. The Morgan fingerprint density at radius 1 is 0.929 bits per heavy atom. The van der Waals surface area contributed by atoms with Crippen molar-refractivity contribution in [2.75, 3.05) is 0 Å². The number of rotatable bonds is 0. The topological polar surface area (TPSA) is 0 Å². The Kier molecular flexibility index (Phi) is 1.89. The molecule has 0 aromatic carbocycles. The minimum atomic E-state index is 0.306. The fourth-order valence-corrected chi connectivity index (χ4v) is 6.65. The quantitative estimate of drug-likeness (QED) is 0.576. The molecule has 3 atom stereocenters. The normalized spacial score (nSPS) is 66.0. The predicted octanol–water partition coefficient (Wildman–Crippen LogP) is 4.50. The van der Waals surface area contributed by atoms with E-state index in [1.54, 1.807) is 0 Å². The SMILES string of the molecule is CC12CC3CC(C1)CC(Br)(C3)C2(C)Br. The van der Waals surface area contributed by atoms with Gasteiger partial charge in [-0.05, 0) is 56.3 Å². The Bertz CT molecular complexity index is 244. The first-order valence-corrected chi connectivity index (χ1v) is 7.33. The Labute approximate surface area is 103 Å². The molecule has 2 heteroatoms. The first kappa shape index (κ1) is 10.1. The summed E-state index contributed by atoms with van der Waals surface area (Å²) in [7, 11) is 0. The maximum absolute atomic E-state index is 4.07. The van der Waals surface area contributed by atoms with Crippen LogP contribution in [0, 0.1) is 17.3 Å². The van der Waals surface area contributed by atoms with E-state index in [0.29, 0.717) is 14.1 Å². The average Bonchev–Trinajstić information content (AvgIpc) is 1.98. The molecular weight excluding hydrogens is 304 g/mol. The van der Waals surface area contributed by atoms with Crippen molar-refractivity contribution >= 4 is 31.9 Å². The predicted molar refractivity (Wildman–Crippen MR) is 67.2 cm³/mol. The molecule has 4 rings (SSSR count). The minimum absolute atomic E-state index is 0.306. The Morgan fingerprint density at radius 2 is 1.43 bits per heavy atom. The van der Waals surface area contributed by atoms with Gasteiger partial charge in [0.15, 0.2) is 0 Å². The molecule has 0 spiro atoms. The molecule has 4 saturated carbocycles. The molecule has 0 N–H and O–H groups in total. The third-order valence-corrected chi connectivity index (χ3v) is 9.03. The molecule has 0 amide bonds. The van der Waals surface area contributed by atoms with Gasteiger partial charge < -0.3 is 0 Å². The summed E-state index contributed by atoms with van der Waals surface area (Å²) < 4.78 is 0.694.